The topological polar surface area (TPSA) is 42.4 Å². The van der Waals surface area contributed by atoms with Crippen LogP contribution in [0.2, 0.25) is 0 Å². The van der Waals surface area contributed by atoms with Crippen LogP contribution in [0.4, 0.5) is 10.8 Å². The van der Waals surface area contributed by atoms with Crippen LogP contribution in [0.3, 0.4) is 0 Å². The Bertz CT molecular complexity index is 803. The monoisotopic (exact) mass is 338 g/mol. The molecule has 0 aliphatic heterocycles. The largest absolute Gasteiger partial charge is 0.481 e. The van der Waals surface area contributed by atoms with Crippen LogP contribution in [-0.4, -0.2) is 17.0 Å². The molecule has 0 saturated heterocycles. The minimum Gasteiger partial charge on any atom is -0.481 e. The van der Waals surface area contributed by atoms with Crippen molar-refractivity contribution in [2.45, 2.75) is 20.0 Å². The highest BCUT2D eigenvalue weighted by Crippen LogP contribution is 2.29. The number of aryl methyl sites for hydroxylation is 1. The first-order chi connectivity index (χ1) is 11.6. The summed E-state index contributed by atoms with van der Waals surface area (Å²) in [6.45, 7) is 3.67. The van der Waals surface area contributed by atoms with Crippen molar-refractivity contribution < 1.29 is 9.53 Å². The minimum atomic E-state index is -0.628. The Morgan fingerprint density at radius 3 is 2.29 bits per heavy atom. The van der Waals surface area contributed by atoms with E-state index in [9.17, 15) is 4.79 Å². The van der Waals surface area contributed by atoms with Crippen molar-refractivity contribution in [3.63, 3.8) is 0 Å². The number of ether oxygens (including phenoxy) is 1. The van der Waals surface area contributed by atoms with Gasteiger partial charge in [0.15, 0.2) is 11.2 Å². The van der Waals surface area contributed by atoms with Gasteiger partial charge >= 0.3 is 0 Å². The van der Waals surface area contributed by atoms with Crippen LogP contribution in [0.25, 0.3) is 0 Å². The van der Waals surface area contributed by atoms with E-state index in [0.717, 1.165) is 11.4 Å². The lowest BCUT2D eigenvalue weighted by Gasteiger charge is -2.24. The molecule has 3 rings (SSSR count). The fourth-order valence-electron chi connectivity index (χ4n) is 2.29. The SMILES string of the molecule is Cc1csc(N(C(=O)[C@H](C)Oc2ccccc2)c2ccccc2)n1. The molecule has 0 N–H and O–H groups in total. The zero-order chi connectivity index (χ0) is 16.9. The molecule has 0 aliphatic carbocycles. The molecule has 122 valence electrons. The Morgan fingerprint density at radius 2 is 1.71 bits per heavy atom. The van der Waals surface area contributed by atoms with E-state index in [2.05, 4.69) is 4.98 Å². The Labute approximate surface area is 145 Å². The highest BCUT2D eigenvalue weighted by atomic mass is 32.1. The van der Waals surface area contributed by atoms with Crippen molar-refractivity contribution in [1.29, 1.82) is 0 Å². The molecule has 0 aliphatic rings. The summed E-state index contributed by atoms with van der Waals surface area (Å²) in [6.07, 6.45) is -0.628. The van der Waals surface area contributed by atoms with E-state index >= 15 is 0 Å². The molecule has 1 atom stereocenters. The van der Waals surface area contributed by atoms with Crippen LogP contribution in [0, 0.1) is 6.92 Å². The first-order valence-electron chi connectivity index (χ1n) is 7.68. The molecule has 3 aromatic rings. The number of anilines is 2. The smallest absolute Gasteiger partial charge is 0.274 e. The van der Waals surface area contributed by atoms with Gasteiger partial charge in [-0.25, -0.2) is 4.98 Å². The summed E-state index contributed by atoms with van der Waals surface area (Å²) in [6, 6.07) is 18.9. The predicted octanol–water partition coefficient (Wildman–Crippen LogP) is 4.58. The normalized spacial score (nSPS) is 11.8. The summed E-state index contributed by atoms with van der Waals surface area (Å²) < 4.78 is 5.79. The lowest BCUT2D eigenvalue weighted by atomic mass is 10.2. The predicted molar refractivity (Wildman–Crippen MR) is 97.0 cm³/mol. The van der Waals surface area contributed by atoms with E-state index in [1.54, 1.807) is 11.8 Å². The number of para-hydroxylation sites is 2. The van der Waals surface area contributed by atoms with Gasteiger partial charge in [0.05, 0.1) is 11.4 Å². The van der Waals surface area contributed by atoms with Gasteiger partial charge in [-0.15, -0.1) is 11.3 Å². The second kappa shape index (κ2) is 7.27. The molecule has 5 heteroatoms. The summed E-state index contributed by atoms with van der Waals surface area (Å²) in [5.41, 5.74) is 1.67. The van der Waals surface area contributed by atoms with Crippen LogP contribution in [0.5, 0.6) is 5.75 Å². The van der Waals surface area contributed by atoms with Gasteiger partial charge in [0.2, 0.25) is 0 Å². The van der Waals surface area contributed by atoms with Gasteiger partial charge < -0.3 is 4.74 Å². The van der Waals surface area contributed by atoms with E-state index in [-0.39, 0.29) is 5.91 Å². The first-order valence-corrected chi connectivity index (χ1v) is 8.56. The van der Waals surface area contributed by atoms with Crippen molar-refractivity contribution in [3.05, 3.63) is 71.7 Å². The summed E-state index contributed by atoms with van der Waals surface area (Å²) >= 11 is 1.44. The average molecular weight is 338 g/mol. The molecule has 2 aromatic carbocycles. The van der Waals surface area contributed by atoms with Crippen molar-refractivity contribution in [2.24, 2.45) is 0 Å². The number of nitrogens with zero attached hydrogens (tertiary/aromatic N) is 2. The maximum absolute atomic E-state index is 13.0. The fourth-order valence-corrected chi connectivity index (χ4v) is 3.11. The highest BCUT2D eigenvalue weighted by molar-refractivity contribution is 7.14. The van der Waals surface area contributed by atoms with Crippen LogP contribution in [0.1, 0.15) is 12.6 Å². The Hall–Kier alpha value is -2.66. The molecular weight excluding hydrogens is 320 g/mol. The molecule has 0 fully saturated rings. The second-order valence-electron chi connectivity index (χ2n) is 5.35. The van der Waals surface area contributed by atoms with Crippen molar-refractivity contribution in [1.82, 2.24) is 4.98 Å². The van der Waals surface area contributed by atoms with Crippen LogP contribution >= 0.6 is 11.3 Å². The number of benzene rings is 2. The van der Waals surface area contributed by atoms with Crippen LogP contribution in [-0.2, 0) is 4.79 Å². The average Bonchev–Trinajstić information content (AvgIpc) is 3.03. The molecule has 24 heavy (non-hydrogen) atoms. The number of amides is 1. The third-order valence-corrected chi connectivity index (χ3v) is 4.38. The molecule has 0 spiro atoms. The van der Waals surface area contributed by atoms with E-state index in [1.807, 2.05) is 73.0 Å². The minimum absolute atomic E-state index is 0.153. The quantitative estimate of drug-likeness (QED) is 0.683. The third kappa shape index (κ3) is 3.63. The standard InChI is InChI=1S/C19H18N2O2S/c1-14-13-24-19(20-14)21(16-9-5-3-6-10-16)18(22)15(2)23-17-11-7-4-8-12-17/h3-13,15H,1-2H3/t15-/m0/s1. The Morgan fingerprint density at radius 1 is 1.08 bits per heavy atom. The number of rotatable bonds is 5. The van der Waals surface area contributed by atoms with Gasteiger partial charge in [-0.1, -0.05) is 36.4 Å². The van der Waals surface area contributed by atoms with Crippen molar-refractivity contribution in [2.75, 3.05) is 4.90 Å². The second-order valence-corrected chi connectivity index (χ2v) is 6.19. The van der Waals surface area contributed by atoms with E-state index < -0.39 is 6.10 Å². The van der Waals surface area contributed by atoms with Gasteiger partial charge in [0.1, 0.15) is 5.75 Å². The van der Waals surface area contributed by atoms with E-state index in [1.165, 1.54) is 11.3 Å². The number of carbonyl (C=O) groups excluding carboxylic acids is 1. The maximum atomic E-state index is 13.0. The van der Waals surface area contributed by atoms with Gasteiger partial charge in [-0.3, -0.25) is 9.69 Å². The van der Waals surface area contributed by atoms with Crippen LogP contribution < -0.4 is 9.64 Å². The highest BCUT2D eigenvalue weighted by Gasteiger charge is 2.27. The molecule has 0 saturated carbocycles. The number of hydrogen-bond acceptors (Lipinski definition) is 4. The Balaban J connectivity index is 1.89. The number of aromatic nitrogens is 1. The van der Waals surface area contributed by atoms with E-state index in [0.29, 0.717) is 10.9 Å². The lowest BCUT2D eigenvalue weighted by molar-refractivity contribution is -0.123. The molecule has 0 radical (unpaired) electrons. The van der Waals surface area contributed by atoms with Gasteiger partial charge in [-0.05, 0) is 38.1 Å². The van der Waals surface area contributed by atoms with Gasteiger partial charge in [0, 0.05) is 5.38 Å². The van der Waals surface area contributed by atoms with Gasteiger partial charge in [-0.2, -0.15) is 0 Å². The summed E-state index contributed by atoms with van der Waals surface area (Å²) in [5.74, 6) is 0.515. The van der Waals surface area contributed by atoms with Crippen LogP contribution in [0.15, 0.2) is 66.0 Å². The zero-order valence-corrected chi connectivity index (χ0v) is 14.4. The molecule has 0 bridgehead atoms. The number of carbonyl (C=O) groups is 1. The molecule has 1 aromatic heterocycles. The maximum Gasteiger partial charge on any atom is 0.274 e. The zero-order valence-electron chi connectivity index (χ0n) is 13.5. The molecule has 1 amide bonds. The van der Waals surface area contributed by atoms with E-state index in [4.69, 9.17) is 4.74 Å². The summed E-state index contributed by atoms with van der Waals surface area (Å²) in [4.78, 5) is 19.1. The molecular formula is C19H18N2O2S. The van der Waals surface area contributed by atoms with Gasteiger partial charge in [0.25, 0.3) is 5.91 Å². The molecule has 1 heterocycles. The summed E-state index contributed by atoms with van der Waals surface area (Å²) in [7, 11) is 0. The molecule has 0 unspecified atom stereocenters. The van der Waals surface area contributed by atoms with Crippen molar-refractivity contribution in [3.8, 4) is 5.75 Å². The number of hydrogen-bond donors (Lipinski definition) is 0. The fraction of sp³-hybridized carbons (Fsp3) is 0.158. The molecule has 4 nitrogen and oxygen atoms in total. The Kier molecular flexibility index (Phi) is 4.91. The summed E-state index contributed by atoms with van der Waals surface area (Å²) in [5, 5.41) is 2.58. The number of thiazole rings is 1. The first kappa shape index (κ1) is 16.2. The van der Waals surface area contributed by atoms with Crippen molar-refractivity contribution >= 4 is 28.1 Å². The lowest BCUT2D eigenvalue weighted by Crippen LogP contribution is -2.37. The third-order valence-electron chi connectivity index (χ3n) is 3.44.